The van der Waals surface area contributed by atoms with Crippen LogP contribution in [0.1, 0.15) is 25.3 Å². The van der Waals surface area contributed by atoms with E-state index in [1.54, 1.807) is 13.1 Å². The molecule has 1 aromatic heterocycles. The summed E-state index contributed by atoms with van der Waals surface area (Å²) in [5.41, 5.74) is 0.880. The van der Waals surface area contributed by atoms with E-state index >= 15 is 0 Å². The van der Waals surface area contributed by atoms with Crippen molar-refractivity contribution in [3.05, 3.63) is 44.8 Å². The summed E-state index contributed by atoms with van der Waals surface area (Å²) in [7, 11) is 0. The molecule has 5 heteroatoms. The van der Waals surface area contributed by atoms with E-state index in [2.05, 4.69) is 11.6 Å². The van der Waals surface area contributed by atoms with Crippen molar-refractivity contribution >= 4 is 0 Å². The molecule has 1 rings (SSSR count). The maximum atomic E-state index is 11.5. The van der Waals surface area contributed by atoms with E-state index in [-0.39, 0.29) is 11.2 Å². The topological polar surface area (TPSA) is 64.1 Å². The lowest BCUT2D eigenvalue weighted by Crippen LogP contribution is -2.30. The lowest BCUT2D eigenvalue weighted by molar-refractivity contribution is 0.151. The average Bonchev–Trinajstić information content (AvgIpc) is 2.29. The average molecular weight is 252 g/mol. The van der Waals surface area contributed by atoms with Crippen molar-refractivity contribution in [3.63, 3.8) is 0 Å². The van der Waals surface area contributed by atoms with Gasteiger partial charge in [0.05, 0.1) is 6.61 Å². The summed E-state index contributed by atoms with van der Waals surface area (Å²) in [5.74, 6) is 0. The summed E-state index contributed by atoms with van der Waals surface area (Å²) in [5, 5.41) is 0. The molecule has 0 aliphatic carbocycles. The summed E-state index contributed by atoms with van der Waals surface area (Å²) in [6.45, 7) is 9.18. The Balaban J connectivity index is 2.36. The van der Waals surface area contributed by atoms with Gasteiger partial charge in [0.25, 0.3) is 5.56 Å². The summed E-state index contributed by atoms with van der Waals surface area (Å²) in [4.78, 5) is 24.9. The van der Waals surface area contributed by atoms with Crippen LogP contribution < -0.4 is 11.2 Å². The number of aromatic amines is 1. The second kappa shape index (κ2) is 6.96. The van der Waals surface area contributed by atoms with Gasteiger partial charge in [-0.3, -0.25) is 9.78 Å². The molecule has 0 unspecified atom stereocenters. The van der Waals surface area contributed by atoms with Crippen molar-refractivity contribution in [1.29, 1.82) is 0 Å². The smallest absolute Gasteiger partial charge is 0.328 e. The molecule has 5 nitrogen and oxygen atoms in total. The maximum Gasteiger partial charge on any atom is 0.328 e. The first-order chi connectivity index (χ1) is 8.50. The van der Waals surface area contributed by atoms with Gasteiger partial charge in [-0.15, -0.1) is 0 Å². The van der Waals surface area contributed by atoms with Crippen molar-refractivity contribution in [1.82, 2.24) is 9.55 Å². The monoisotopic (exact) mass is 252 g/mol. The van der Waals surface area contributed by atoms with Gasteiger partial charge in [-0.05, 0) is 26.7 Å². The van der Waals surface area contributed by atoms with E-state index in [0.717, 1.165) is 18.4 Å². The standard InChI is InChI=1S/C13H20N2O3/c1-10(2)9-18-7-5-4-6-15-8-11(3)12(16)14-13(15)17/h8H,1,4-7,9H2,2-3H3,(H,14,16,17). The molecule has 0 spiro atoms. The number of nitrogens with one attached hydrogen (secondary N) is 1. The number of H-pyrrole nitrogens is 1. The van der Waals surface area contributed by atoms with Gasteiger partial charge in [-0.2, -0.15) is 0 Å². The minimum absolute atomic E-state index is 0.318. The second-order valence-electron chi connectivity index (χ2n) is 4.48. The molecular formula is C13H20N2O3. The van der Waals surface area contributed by atoms with Gasteiger partial charge in [0, 0.05) is 24.9 Å². The Kier molecular flexibility index (Phi) is 5.58. The number of rotatable bonds is 7. The molecule has 0 radical (unpaired) electrons. The first kappa shape index (κ1) is 14.4. The summed E-state index contributed by atoms with van der Waals surface area (Å²) < 4.78 is 6.88. The number of nitrogens with zero attached hydrogens (tertiary/aromatic N) is 1. The third-order valence-electron chi connectivity index (χ3n) is 2.48. The summed E-state index contributed by atoms with van der Waals surface area (Å²) in [6.07, 6.45) is 3.30. The van der Waals surface area contributed by atoms with E-state index < -0.39 is 0 Å². The van der Waals surface area contributed by atoms with E-state index in [1.165, 1.54) is 4.57 Å². The quantitative estimate of drug-likeness (QED) is 0.586. The molecule has 1 heterocycles. The lowest BCUT2D eigenvalue weighted by Gasteiger charge is -2.06. The minimum Gasteiger partial charge on any atom is -0.377 e. The first-order valence-electron chi connectivity index (χ1n) is 6.03. The Morgan fingerprint density at radius 2 is 2.17 bits per heavy atom. The van der Waals surface area contributed by atoms with Crippen molar-refractivity contribution in [2.75, 3.05) is 13.2 Å². The van der Waals surface area contributed by atoms with Crippen LogP contribution in [0.15, 0.2) is 27.9 Å². The molecular weight excluding hydrogens is 232 g/mol. The van der Waals surface area contributed by atoms with E-state index in [9.17, 15) is 9.59 Å². The molecule has 0 atom stereocenters. The molecule has 0 aliphatic rings. The highest BCUT2D eigenvalue weighted by Gasteiger charge is 2.00. The molecule has 0 amide bonds. The van der Waals surface area contributed by atoms with Gasteiger partial charge in [-0.1, -0.05) is 12.2 Å². The van der Waals surface area contributed by atoms with E-state index in [0.29, 0.717) is 25.3 Å². The molecule has 18 heavy (non-hydrogen) atoms. The molecule has 1 N–H and O–H groups in total. The number of hydrogen-bond donors (Lipinski definition) is 1. The maximum absolute atomic E-state index is 11.5. The van der Waals surface area contributed by atoms with Crippen LogP contribution in [0, 0.1) is 6.92 Å². The predicted molar refractivity (Wildman–Crippen MR) is 70.9 cm³/mol. The molecule has 100 valence electrons. The largest absolute Gasteiger partial charge is 0.377 e. The highest BCUT2D eigenvalue weighted by molar-refractivity contribution is 5.00. The molecule has 0 aromatic carbocycles. The number of hydrogen-bond acceptors (Lipinski definition) is 3. The number of unbranched alkanes of at least 4 members (excludes halogenated alkanes) is 1. The highest BCUT2D eigenvalue weighted by Crippen LogP contribution is 1.96. The zero-order valence-electron chi connectivity index (χ0n) is 11.0. The van der Waals surface area contributed by atoms with Crippen LogP contribution >= 0.6 is 0 Å². The van der Waals surface area contributed by atoms with Crippen LogP contribution in [-0.2, 0) is 11.3 Å². The van der Waals surface area contributed by atoms with Crippen molar-refractivity contribution < 1.29 is 4.74 Å². The van der Waals surface area contributed by atoms with E-state index in [1.807, 2.05) is 6.92 Å². The van der Waals surface area contributed by atoms with Crippen LogP contribution in [0.25, 0.3) is 0 Å². The van der Waals surface area contributed by atoms with E-state index in [4.69, 9.17) is 4.74 Å². The molecule has 0 saturated carbocycles. The van der Waals surface area contributed by atoms with Crippen LogP contribution in [0.2, 0.25) is 0 Å². The van der Waals surface area contributed by atoms with Gasteiger partial charge in [0.2, 0.25) is 0 Å². The van der Waals surface area contributed by atoms with Gasteiger partial charge >= 0.3 is 5.69 Å². The zero-order valence-corrected chi connectivity index (χ0v) is 11.0. The van der Waals surface area contributed by atoms with Crippen molar-refractivity contribution in [3.8, 4) is 0 Å². The minimum atomic E-state index is -0.353. The van der Waals surface area contributed by atoms with Crippen LogP contribution in [0.4, 0.5) is 0 Å². The Labute approximate surface area is 106 Å². The van der Waals surface area contributed by atoms with Crippen LogP contribution in [-0.4, -0.2) is 22.8 Å². The fourth-order valence-corrected chi connectivity index (χ4v) is 1.52. The van der Waals surface area contributed by atoms with Crippen molar-refractivity contribution in [2.24, 2.45) is 0 Å². The number of aromatic nitrogens is 2. The Hall–Kier alpha value is -1.62. The van der Waals surface area contributed by atoms with Gasteiger partial charge < -0.3 is 9.30 Å². The fourth-order valence-electron chi connectivity index (χ4n) is 1.52. The first-order valence-corrected chi connectivity index (χ1v) is 6.03. The SMILES string of the molecule is C=C(C)COCCCCn1cc(C)c(=O)[nH]c1=O. The van der Waals surface area contributed by atoms with Gasteiger partial charge in [-0.25, -0.2) is 4.79 Å². The zero-order chi connectivity index (χ0) is 13.5. The summed E-state index contributed by atoms with van der Waals surface area (Å²) in [6, 6.07) is 0. The van der Waals surface area contributed by atoms with Crippen LogP contribution in [0.3, 0.4) is 0 Å². The molecule has 0 saturated heterocycles. The second-order valence-corrected chi connectivity index (χ2v) is 4.48. The van der Waals surface area contributed by atoms with Gasteiger partial charge in [0.1, 0.15) is 0 Å². The molecule has 0 bridgehead atoms. The van der Waals surface area contributed by atoms with Gasteiger partial charge in [0.15, 0.2) is 0 Å². The summed E-state index contributed by atoms with van der Waals surface area (Å²) >= 11 is 0. The highest BCUT2D eigenvalue weighted by atomic mass is 16.5. The predicted octanol–water partition coefficient (Wildman–Crippen LogP) is 1.22. The fraction of sp³-hybridized carbons (Fsp3) is 0.538. The third-order valence-corrected chi connectivity index (χ3v) is 2.48. The molecule has 1 aromatic rings. The Bertz CT molecular complexity index is 514. The number of ether oxygens (including phenoxy) is 1. The lowest BCUT2D eigenvalue weighted by atomic mass is 10.3. The molecule has 0 fully saturated rings. The Morgan fingerprint density at radius 3 is 2.83 bits per heavy atom. The van der Waals surface area contributed by atoms with Crippen LogP contribution in [0.5, 0.6) is 0 Å². The third kappa shape index (κ3) is 4.71. The van der Waals surface area contributed by atoms with Crippen molar-refractivity contribution in [2.45, 2.75) is 33.2 Å². The number of aryl methyl sites for hydroxylation is 2. The normalized spacial score (nSPS) is 10.6. The Morgan fingerprint density at radius 1 is 1.44 bits per heavy atom. The molecule has 0 aliphatic heterocycles.